The summed E-state index contributed by atoms with van der Waals surface area (Å²) in [6, 6.07) is 14.3. The Labute approximate surface area is 173 Å². The van der Waals surface area contributed by atoms with Gasteiger partial charge >= 0.3 is 11.9 Å². The number of benzene rings is 2. The van der Waals surface area contributed by atoms with Gasteiger partial charge in [-0.3, -0.25) is 0 Å². The molecule has 0 spiro atoms. The molecule has 0 atom stereocenters. The number of aliphatic carboxylic acids is 2. The molecule has 0 saturated heterocycles. The van der Waals surface area contributed by atoms with Crippen molar-refractivity contribution in [2.75, 3.05) is 5.32 Å². The summed E-state index contributed by atoms with van der Waals surface area (Å²) < 4.78 is 2.07. The zero-order valence-electron chi connectivity index (χ0n) is 16.3. The monoisotopic (exact) mass is 415 g/mol. The molecule has 1 aromatic heterocycles. The van der Waals surface area contributed by atoms with Crippen molar-refractivity contribution in [1.82, 2.24) is 9.55 Å². The molecule has 0 aliphatic heterocycles. The molecule has 0 amide bonds. The van der Waals surface area contributed by atoms with Crippen molar-refractivity contribution in [1.29, 1.82) is 0 Å². The van der Waals surface area contributed by atoms with Gasteiger partial charge in [-0.1, -0.05) is 41.9 Å². The van der Waals surface area contributed by atoms with Crippen LogP contribution in [0.4, 0.5) is 5.95 Å². The lowest BCUT2D eigenvalue weighted by molar-refractivity contribution is -0.159. The molecule has 0 unspecified atom stereocenters. The Morgan fingerprint density at radius 3 is 2.31 bits per heavy atom. The van der Waals surface area contributed by atoms with Crippen molar-refractivity contribution in [2.24, 2.45) is 7.05 Å². The predicted molar refractivity (Wildman–Crippen MR) is 112 cm³/mol. The van der Waals surface area contributed by atoms with Crippen LogP contribution in [-0.2, 0) is 23.2 Å². The van der Waals surface area contributed by atoms with Crippen molar-refractivity contribution in [3.8, 4) is 11.3 Å². The highest BCUT2D eigenvalue weighted by Gasteiger charge is 2.09. The van der Waals surface area contributed by atoms with Gasteiger partial charge in [0.25, 0.3) is 0 Å². The van der Waals surface area contributed by atoms with Crippen LogP contribution >= 0.6 is 11.6 Å². The summed E-state index contributed by atoms with van der Waals surface area (Å²) in [6.45, 7) is 4.90. The van der Waals surface area contributed by atoms with Gasteiger partial charge in [-0.15, -0.1) is 0 Å². The smallest absolute Gasteiger partial charge is 0.414 e. The first kappa shape index (κ1) is 22.0. The molecule has 2 aromatic carbocycles. The second-order valence-electron chi connectivity index (χ2n) is 6.38. The molecule has 0 saturated carbocycles. The Morgan fingerprint density at radius 1 is 1.07 bits per heavy atom. The zero-order chi connectivity index (χ0) is 21.6. The van der Waals surface area contributed by atoms with Crippen LogP contribution in [0.15, 0.2) is 48.7 Å². The minimum Gasteiger partial charge on any atom is -0.473 e. The molecule has 3 aromatic rings. The number of nitrogens with one attached hydrogen (secondary N) is 1. The maximum atomic E-state index is 9.10. The van der Waals surface area contributed by atoms with Crippen LogP contribution in [0.1, 0.15) is 16.7 Å². The number of aryl methyl sites for hydroxylation is 2. The van der Waals surface area contributed by atoms with Crippen LogP contribution < -0.4 is 5.32 Å². The first-order valence-electron chi connectivity index (χ1n) is 8.73. The maximum Gasteiger partial charge on any atom is 0.414 e. The summed E-state index contributed by atoms with van der Waals surface area (Å²) >= 11 is 6.20. The fourth-order valence-corrected chi connectivity index (χ4v) is 2.76. The molecule has 3 rings (SSSR count). The van der Waals surface area contributed by atoms with Gasteiger partial charge in [-0.2, -0.15) is 0 Å². The normalized spacial score (nSPS) is 10.1. The van der Waals surface area contributed by atoms with E-state index < -0.39 is 11.9 Å². The molecule has 1 heterocycles. The Morgan fingerprint density at radius 2 is 1.72 bits per heavy atom. The van der Waals surface area contributed by atoms with Crippen LogP contribution in [0, 0.1) is 13.8 Å². The van der Waals surface area contributed by atoms with Crippen molar-refractivity contribution >= 4 is 29.5 Å². The van der Waals surface area contributed by atoms with Crippen molar-refractivity contribution in [3.05, 3.63) is 70.4 Å². The molecule has 0 bridgehead atoms. The number of nitrogens with zero attached hydrogens (tertiary/aromatic N) is 2. The van der Waals surface area contributed by atoms with E-state index in [1.165, 1.54) is 16.7 Å². The average molecular weight is 416 g/mol. The van der Waals surface area contributed by atoms with Gasteiger partial charge in [0.2, 0.25) is 5.95 Å². The molecule has 3 N–H and O–H groups in total. The minimum absolute atomic E-state index is 0.650. The van der Waals surface area contributed by atoms with E-state index >= 15 is 0 Å². The number of hydrogen-bond acceptors (Lipinski definition) is 4. The number of carboxylic acids is 2. The average Bonchev–Trinajstić information content (AvgIpc) is 3.04. The van der Waals surface area contributed by atoms with E-state index in [1.807, 2.05) is 37.5 Å². The fraction of sp³-hybridized carbons (Fsp3) is 0.190. The number of carbonyl (C=O) groups is 2. The van der Waals surface area contributed by atoms with Crippen LogP contribution in [0.3, 0.4) is 0 Å². The molecule has 0 aliphatic rings. The molecule has 7 nitrogen and oxygen atoms in total. The van der Waals surface area contributed by atoms with E-state index in [0.29, 0.717) is 6.54 Å². The molecule has 8 heteroatoms. The topological polar surface area (TPSA) is 104 Å². The van der Waals surface area contributed by atoms with E-state index in [1.54, 1.807) is 0 Å². The summed E-state index contributed by atoms with van der Waals surface area (Å²) in [5, 5.41) is 18.9. The number of carboxylic acid groups (broad SMARTS) is 2. The lowest BCUT2D eigenvalue weighted by atomic mass is 10.0. The standard InChI is InChI=1S/C19H20ClN3.C2H2O4/c1-13-8-9-15(10-14(13)2)18-12-22-19(23(18)3)21-11-16-6-4-5-7-17(16)20;3-1(4)2(5)6/h4-10,12H,11H2,1-3H3,(H,21,22);(H,3,4)(H,5,6). The lowest BCUT2D eigenvalue weighted by Crippen LogP contribution is -2.09. The van der Waals surface area contributed by atoms with Gasteiger partial charge in [-0.05, 0) is 42.7 Å². The Kier molecular flexibility index (Phi) is 7.39. The first-order chi connectivity index (χ1) is 13.7. The fourth-order valence-electron chi connectivity index (χ4n) is 2.56. The third-order valence-electron chi connectivity index (χ3n) is 4.37. The van der Waals surface area contributed by atoms with E-state index in [-0.39, 0.29) is 0 Å². The molecule has 29 heavy (non-hydrogen) atoms. The number of aromatic nitrogens is 2. The Hall–Kier alpha value is -3.32. The van der Waals surface area contributed by atoms with Gasteiger partial charge in [0, 0.05) is 24.2 Å². The van der Waals surface area contributed by atoms with Gasteiger partial charge in [0.05, 0.1) is 11.9 Å². The third kappa shape index (κ3) is 5.83. The first-order valence-corrected chi connectivity index (χ1v) is 9.11. The third-order valence-corrected chi connectivity index (χ3v) is 4.74. The van der Waals surface area contributed by atoms with Gasteiger partial charge < -0.3 is 20.1 Å². The number of anilines is 1. The van der Waals surface area contributed by atoms with Crippen LogP contribution in [0.5, 0.6) is 0 Å². The number of rotatable bonds is 4. The molecule has 152 valence electrons. The van der Waals surface area contributed by atoms with Gasteiger partial charge in [0.15, 0.2) is 0 Å². The van der Waals surface area contributed by atoms with E-state index in [4.69, 9.17) is 31.4 Å². The summed E-state index contributed by atoms with van der Waals surface area (Å²) in [6.07, 6.45) is 1.90. The predicted octanol–water partition coefficient (Wildman–Crippen LogP) is 4.13. The molecule has 0 fully saturated rings. The second-order valence-corrected chi connectivity index (χ2v) is 6.79. The summed E-state index contributed by atoms with van der Waals surface area (Å²) in [5.41, 5.74) is 5.91. The highest BCUT2D eigenvalue weighted by Crippen LogP contribution is 2.25. The highest BCUT2D eigenvalue weighted by atomic mass is 35.5. The molecule has 0 aliphatic carbocycles. The van der Waals surface area contributed by atoms with Crippen LogP contribution in [-0.4, -0.2) is 31.7 Å². The SMILES string of the molecule is Cc1ccc(-c2cnc(NCc3ccccc3Cl)n2C)cc1C.O=C(O)C(=O)O. The summed E-state index contributed by atoms with van der Waals surface area (Å²) in [4.78, 5) is 22.7. The van der Waals surface area contributed by atoms with Gasteiger partial charge in [-0.25, -0.2) is 14.6 Å². The molecule has 0 radical (unpaired) electrons. The van der Waals surface area contributed by atoms with E-state index in [0.717, 1.165) is 22.2 Å². The summed E-state index contributed by atoms with van der Waals surface area (Å²) in [7, 11) is 2.02. The number of halogens is 1. The molecular weight excluding hydrogens is 394 g/mol. The van der Waals surface area contributed by atoms with Gasteiger partial charge in [0.1, 0.15) is 0 Å². The largest absolute Gasteiger partial charge is 0.473 e. The Balaban J connectivity index is 0.000000438. The van der Waals surface area contributed by atoms with Crippen molar-refractivity contribution in [3.63, 3.8) is 0 Å². The van der Waals surface area contributed by atoms with Crippen LogP contribution in [0.25, 0.3) is 11.3 Å². The minimum atomic E-state index is -1.82. The summed E-state index contributed by atoms with van der Waals surface area (Å²) in [5.74, 6) is -2.82. The van der Waals surface area contributed by atoms with E-state index in [2.05, 4.69) is 46.9 Å². The van der Waals surface area contributed by atoms with Crippen LogP contribution in [0.2, 0.25) is 5.02 Å². The van der Waals surface area contributed by atoms with Crippen molar-refractivity contribution < 1.29 is 19.8 Å². The lowest BCUT2D eigenvalue weighted by Gasteiger charge is -2.10. The quantitative estimate of drug-likeness (QED) is 0.553. The molecular formula is C21H22ClN3O4. The highest BCUT2D eigenvalue weighted by molar-refractivity contribution is 6.31. The van der Waals surface area contributed by atoms with Crippen molar-refractivity contribution in [2.45, 2.75) is 20.4 Å². The number of hydrogen-bond donors (Lipinski definition) is 3. The second kappa shape index (κ2) is 9.75. The Bertz CT molecular complexity index is 1020. The number of imidazole rings is 1. The van der Waals surface area contributed by atoms with E-state index in [9.17, 15) is 0 Å². The zero-order valence-corrected chi connectivity index (χ0v) is 17.1. The maximum absolute atomic E-state index is 9.10.